The Morgan fingerprint density at radius 3 is 2.36 bits per heavy atom. The minimum absolute atomic E-state index is 0.0938. The van der Waals surface area contributed by atoms with Crippen molar-refractivity contribution in [3.63, 3.8) is 0 Å². The molecule has 0 heterocycles. The van der Waals surface area contributed by atoms with E-state index in [4.69, 9.17) is 9.84 Å². The average Bonchev–Trinajstić information content (AvgIpc) is 2.00. The van der Waals surface area contributed by atoms with Crippen LogP contribution < -0.4 is 0 Å². The van der Waals surface area contributed by atoms with Gasteiger partial charge in [0.1, 0.15) is 0 Å². The highest BCUT2D eigenvalue weighted by Crippen LogP contribution is 2.15. The summed E-state index contributed by atoms with van der Waals surface area (Å²) in [5.74, 6) is 0. The molecular formula is C9H20O2. The molecule has 2 nitrogen and oxygen atoms in total. The second kappa shape index (κ2) is 4.73. The molecule has 0 saturated carbocycles. The first-order chi connectivity index (χ1) is 5.02. The van der Waals surface area contributed by atoms with E-state index in [9.17, 15) is 0 Å². The van der Waals surface area contributed by atoms with Crippen LogP contribution in [0.3, 0.4) is 0 Å². The first-order valence-electron chi connectivity index (χ1n) is 4.24. The number of rotatable bonds is 5. The van der Waals surface area contributed by atoms with Gasteiger partial charge in [-0.15, -0.1) is 0 Å². The van der Waals surface area contributed by atoms with Crippen molar-refractivity contribution in [2.75, 3.05) is 13.2 Å². The van der Waals surface area contributed by atoms with Gasteiger partial charge in [-0.25, -0.2) is 0 Å². The van der Waals surface area contributed by atoms with Crippen molar-refractivity contribution in [3.8, 4) is 0 Å². The summed E-state index contributed by atoms with van der Waals surface area (Å²) in [6.45, 7) is 8.96. The molecule has 1 N–H and O–H groups in total. The third-order valence-electron chi connectivity index (χ3n) is 1.76. The molecule has 68 valence electrons. The van der Waals surface area contributed by atoms with E-state index in [1.165, 1.54) is 0 Å². The van der Waals surface area contributed by atoms with Gasteiger partial charge in [0.25, 0.3) is 0 Å². The van der Waals surface area contributed by atoms with Gasteiger partial charge < -0.3 is 9.84 Å². The molecule has 0 aliphatic heterocycles. The fraction of sp³-hybridized carbons (Fsp3) is 1.00. The van der Waals surface area contributed by atoms with E-state index >= 15 is 0 Å². The number of ether oxygens (including phenoxy) is 1. The van der Waals surface area contributed by atoms with Crippen LogP contribution in [0, 0.1) is 5.41 Å². The van der Waals surface area contributed by atoms with Gasteiger partial charge in [-0.3, -0.25) is 0 Å². The van der Waals surface area contributed by atoms with Crippen LogP contribution in [0.5, 0.6) is 0 Å². The van der Waals surface area contributed by atoms with Gasteiger partial charge in [-0.05, 0) is 13.3 Å². The molecule has 0 fully saturated rings. The smallest absolute Gasteiger partial charge is 0.0544 e. The molecule has 0 rings (SSSR count). The van der Waals surface area contributed by atoms with Crippen molar-refractivity contribution in [3.05, 3.63) is 0 Å². The SMILES string of the molecule is CCC(C)OCC(C)(C)CO. The lowest BCUT2D eigenvalue weighted by Gasteiger charge is -2.23. The van der Waals surface area contributed by atoms with Gasteiger partial charge in [-0.2, -0.15) is 0 Å². The Balaban J connectivity index is 3.52. The van der Waals surface area contributed by atoms with Gasteiger partial charge >= 0.3 is 0 Å². The zero-order valence-electron chi connectivity index (χ0n) is 8.05. The van der Waals surface area contributed by atoms with Gasteiger partial charge in [0.15, 0.2) is 0 Å². The van der Waals surface area contributed by atoms with Crippen molar-refractivity contribution < 1.29 is 9.84 Å². The van der Waals surface area contributed by atoms with Crippen molar-refractivity contribution in [1.29, 1.82) is 0 Å². The van der Waals surface area contributed by atoms with Crippen LogP contribution in [0.1, 0.15) is 34.1 Å². The lowest BCUT2D eigenvalue weighted by atomic mass is 9.96. The number of hydrogen-bond acceptors (Lipinski definition) is 2. The van der Waals surface area contributed by atoms with Crippen LogP contribution in [0.4, 0.5) is 0 Å². The molecular weight excluding hydrogens is 140 g/mol. The maximum atomic E-state index is 8.90. The number of hydrogen-bond donors (Lipinski definition) is 1. The minimum Gasteiger partial charge on any atom is -0.396 e. The molecule has 1 unspecified atom stereocenters. The fourth-order valence-corrected chi connectivity index (χ4v) is 0.531. The molecule has 0 bridgehead atoms. The lowest BCUT2D eigenvalue weighted by Crippen LogP contribution is -2.26. The Labute approximate surface area is 69.6 Å². The second-order valence-corrected chi connectivity index (χ2v) is 3.85. The van der Waals surface area contributed by atoms with E-state index in [2.05, 4.69) is 6.92 Å². The average molecular weight is 160 g/mol. The van der Waals surface area contributed by atoms with E-state index in [0.29, 0.717) is 12.7 Å². The molecule has 0 aliphatic rings. The molecule has 0 saturated heterocycles. The zero-order valence-corrected chi connectivity index (χ0v) is 8.05. The molecule has 0 aliphatic carbocycles. The Morgan fingerprint density at radius 1 is 1.45 bits per heavy atom. The van der Waals surface area contributed by atoms with E-state index in [1.54, 1.807) is 0 Å². The Hall–Kier alpha value is -0.0800. The molecule has 0 radical (unpaired) electrons. The summed E-state index contributed by atoms with van der Waals surface area (Å²) in [5, 5.41) is 8.90. The Morgan fingerprint density at radius 2 is 2.00 bits per heavy atom. The van der Waals surface area contributed by atoms with Crippen LogP contribution in [0.25, 0.3) is 0 Å². The van der Waals surface area contributed by atoms with Gasteiger partial charge in [0.2, 0.25) is 0 Å². The molecule has 0 spiro atoms. The Bertz CT molecular complexity index is 99.7. The second-order valence-electron chi connectivity index (χ2n) is 3.85. The highest BCUT2D eigenvalue weighted by atomic mass is 16.5. The topological polar surface area (TPSA) is 29.5 Å². The monoisotopic (exact) mass is 160 g/mol. The molecule has 0 aromatic carbocycles. The van der Waals surface area contributed by atoms with Crippen molar-refractivity contribution in [2.24, 2.45) is 5.41 Å². The maximum absolute atomic E-state index is 8.90. The summed E-state index contributed by atoms with van der Waals surface area (Å²) in [7, 11) is 0. The summed E-state index contributed by atoms with van der Waals surface area (Å²) in [6, 6.07) is 0. The van der Waals surface area contributed by atoms with Crippen LogP contribution in [0.2, 0.25) is 0 Å². The maximum Gasteiger partial charge on any atom is 0.0544 e. The van der Waals surface area contributed by atoms with E-state index in [0.717, 1.165) is 6.42 Å². The van der Waals surface area contributed by atoms with Gasteiger partial charge in [-0.1, -0.05) is 20.8 Å². The molecule has 2 heteroatoms. The molecule has 0 amide bonds. The summed E-state index contributed by atoms with van der Waals surface area (Å²) < 4.78 is 5.49. The van der Waals surface area contributed by atoms with Gasteiger partial charge in [0, 0.05) is 5.41 Å². The first-order valence-corrected chi connectivity index (χ1v) is 4.24. The lowest BCUT2D eigenvalue weighted by molar-refractivity contribution is -0.0109. The van der Waals surface area contributed by atoms with Crippen LogP contribution >= 0.6 is 0 Å². The summed E-state index contributed by atoms with van der Waals surface area (Å²) in [4.78, 5) is 0. The molecule has 0 aromatic rings. The predicted molar refractivity (Wildman–Crippen MR) is 46.6 cm³/mol. The number of aliphatic hydroxyl groups excluding tert-OH is 1. The third kappa shape index (κ3) is 5.22. The molecule has 1 atom stereocenters. The third-order valence-corrected chi connectivity index (χ3v) is 1.76. The summed E-state index contributed by atoms with van der Waals surface area (Å²) >= 11 is 0. The normalized spacial score (nSPS) is 15.0. The van der Waals surface area contributed by atoms with Crippen LogP contribution in [-0.2, 0) is 4.74 Å². The highest BCUT2D eigenvalue weighted by molar-refractivity contribution is 4.66. The number of aliphatic hydroxyl groups is 1. The zero-order chi connectivity index (χ0) is 8.91. The van der Waals surface area contributed by atoms with Crippen LogP contribution in [-0.4, -0.2) is 24.4 Å². The van der Waals surface area contributed by atoms with Crippen LogP contribution in [0.15, 0.2) is 0 Å². The van der Waals surface area contributed by atoms with Gasteiger partial charge in [0.05, 0.1) is 19.3 Å². The van der Waals surface area contributed by atoms with Crippen molar-refractivity contribution in [1.82, 2.24) is 0 Å². The molecule has 11 heavy (non-hydrogen) atoms. The Kier molecular flexibility index (Phi) is 4.69. The quantitative estimate of drug-likeness (QED) is 0.664. The predicted octanol–water partition coefficient (Wildman–Crippen LogP) is 1.82. The van der Waals surface area contributed by atoms with E-state index in [-0.39, 0.29) is 12.0 Å². The minimum atomic E-state index is -0.0938. The highest BCUT2D eigenvalue weighted by Gasteiger charge is 2.17. The first kappa shape index (κ1) is 10.9. The van der Waals surface area contributed by atoms with E-state index in [1.807, 2.05) is 20.8 Å². The molecule has 0 aromatic heterocycles. The summed E-state index contributed by atoms with van der Waals surface area (Å²) in [6.07, 6.45) is 1.34. The standard InChI is InChI=1S/C9H20O2/c1-5-8(2)11-7-9(3,4)6-10/h8,10H,5-7H2,1-4H3. The largest absolute Gasteiger partial charge is 0.396 e. The van der Waals surface area contributed by atoms with Crippen molar-refractivity contribution in [2.45, 2.75) is 40.2 Å². The fourth-order valence-electron chi connectivity index (χ4n) is 0.531. The van der Waals surface area contributed by atoms with Crippen molar-refractivity contribution >= 4 is 0 Å². The van der Waals surface area contributed by atoms with E-state index < -0.39 is 0 Å². The summed E-state index contributed by atoms with van der Waals surface area (Å²) in [5.41, 5.74) is -0.0938.